The van der Waals surface area contributed by atoms with Gasteiger partial charge in [0.25, 0.3) is 0 Å². The normalized spacial score (nSPS) is 13.0. The summed E-state index contributed by atoms with van der Waals surface area (Å²) in [5.74, 6) is 1.28. The molecular weight excluding hydrogens is 280 g/mol. The second-order valence-corrected chi connectivity index (χ2v) is 6.94. The van der Waals surface area contributed by atoms with Crippen LogP contribution in [0, 0.1) is 0 Å². The fourth-order valence-corrected chi connectivity index (χ4v) is 2.89. The van der Waals surface area contributed by atoms with Crippen LogP contribution in [0.4, 0.5) is 0 Å². The van der Waals surface area contributed by atoms with Crippen molar-refractivity contribution in [2.45, 2.75) is 25.9 Å². The number of hydrogen-bond acceptors (Lipinski definition) is 5. The van der Waals surface area contributed by atoms with E-state index in [1.165, 1.54) is 14.2 Å². The molecule has 0 saturated heterocycles. The van der Waals surface area contributed by atoms with Gasteiger partial charge >= 0.3 is 0 Å². The third kappa shape index (κ3) is 4.38. The standard InChI is InChI=1S/C14H22O5S/c1-4-20(16,17)10-6-7-11(15)14-12(18-2)8-5-9-13(14)19-3/h5,8-9,11,15H,4,6-7,10H2,1-3H3. The second kappa shape index (κ2) is 7.50. The van der Waals surface area contributed by atoms with Crippen molar-refractivity contribution in [1.29, 1.82) is 0 Å². The van der Waals surface area contributed by atoms with Gasteiger partial charge < -0.3 is 14.6 Å². The predicted octanol–water partition coefficient (Wildman–Crippen LogP) is 1.95. The van der Waals surface area contributed by atoms with Crippen LogP contribution in [0.2, 0.25) is 0 Å². The van der Waals surface area contributed by atoms with Crippen molar-refractivity contribution in [3.8, 4) is 11.5 Å². The molecule has 1 unspecified atom stereocenters. The van der Waals surface area contributed by atoms with E-state index in [1.54, 1.807) is 25.1 Å². The highest BCUT2D eigenvalue weighted by atomic mass is 32.2. The lowest BCUT2D eigenvalue weighted by atomic mass is 10.0. The highest BCUT2D eigenvalue weighted by molar-refractivity contribution is 7.91. The molecule has 0 heterocycles. The highest BCUT2D eigenvalue weighted by Crippen LogP contribution is 2.35. The molecule has 0 spiro atoms. The Morgan fingerprint density at radius 2 is 1.75 bits per heavy atom. The van der Waals surface area contributed by atoms with Crippen molar-refractivity contribution < 1.29 is 23.0 Å². The third-order valence-electron chi connectivity index (χ3n) is 3.17. The summed E-state index contributed by atoms with van der Waals surface area (Å²) < 4.78 is 33.3. The molecule has 0 radical (unpaired) electrons. The Labute approximate surface area is 120 Å². The van der Waals surface area contributed by atoms with E-state index in [4.69, 9.17) is 9.47 Å². The fraction of sp³-hybridized carbons (Fsp3) is 0.571. The van der Waals surface area contributed by atoms with Gasteiger partial charge in [0, 0.05) is 5.75 Å². The molecule has 114 valence electrons. The maximum absolute atomic E-state index is 11.4. The molecule has 0 aliphatic rings. The maximum atomic E-state index is 11.4. The molecule has 0 saturated carbocycles. The number of aliphatic hydroxyl groups is 1. The molecule has 20 heavy (non-hydrogen) atoms. The van der Waals surface area contributed by atoms with Crippen LogP contribution >= 0.6 is 0 Å². The zero-order chi connectivity index (χ0) is 15.2. The molecule has 0 bridgehead atoms. The van der Waals surface area contributed by atoms with Crippen LogP contribution in [0.5, 0.6) is 11.5 Å². The number of aliphatic hydroxyl groups excluding tert-OH is 1. The van der Waals surface area contributed by atoms with Crippen LogP contribution < -0.4 is 9.47 Å². The van der Waals surface area contributed by atoms with Crippen LogP contribution in [-0.2, 0) is 9.84 Å². The van der Waals surface area contributed by atoms with E-state index in [2.05, 4.69) is 0 Å². The minimum absolute atomic E-state index is 0.0814. The Bertz CT molecular complexity index is 502. The zero-order valence-electron chi connectivity index (χ0n) is 12.1. The largest absolute Gasteiger partial charge is 0.496 e. The lowest BCUT2D eigenvalue weighted by Crippen LogP contribution is -2.10. The summed E-state index contributed by atoms with van der Waals surface area (Å²) in [6.07, 6.45) is -0.0673. The highest BCUT2D eigenvalue weighted by Gasteiger charge is 2.19. The first-order valence-corrected chi connectivity index (χ1v) is 8.36. The zero-order valence-corrected chi connectivity index (χ0v) is 12.9. The van der Waals surface area contributed by atoms with Crippen LogP contribution in [0.25, 0.3) is 0 Å². The Balaban J connectivity index is 2.79. The van der Waals surface area contributed by atoms with Gasteiger partial charge in [0.1, 0.15) is 21.3 Å². The van der Waals surface area contributed by atoms with Crippen molar-refractivity contribution in [1.82, 2.24) is 0 Å². The van der Waals surface area contributed by atoms with E-state index in [0.29, 0.717) is 29.9 Å². The molecule has 6 heteroatoms. The maximum Gasteiger partial charge on any atom is 0.150 e. The SMILES string of the molecule is CCS(=O)(=O)CCCC(O)c1c(OC)cccc1OC. The Morgan fingerprint density at radius 3 is 2.20 bits per heavy atom. The lowest BCUT2D eigenvalue weighted by Gasteiger charge is -2.18. The molecule has 1 rings (SSSR count). The average Bonchev–Trinajstić information content (AvgIpc) is 2.45. The van der Waals surface area contributed by atoms with Crippen LogP contribution in [0.15, 0.2) is 18.2 Å². The first-order valence-electron chi connectivity index (χ1n) is 6.54. The Kier molecular flexibility index (Phi) is 6.29. The van der Waals surface area contributed by atoms with Gasteiger partial charge in [0.2, 0.25) is 0 Å². The Morgan fingerprint density at radius 1 is 1.20 bits per heavy atom. The molecule has 0 aliphatic carbocycles. The molecule has 0 aliphatic heterocycles. The van der Waals surface area contributed by atoms with Crippen LogP contribution in [0.1, 0.15) is 31.4 Å². The van der Waals surface area contributed by atoms with Gasteiger partial charge in [-0.25, -0.2) is 8.42 Å². The first kappa shape index (κ1) is 16.8. The van der Waals surface area contributed by atoms with Crippen molar-refractivity contribution in [3.05, 3.63) is 23.8 Å². The van der Waals surface area contributed by atoms with Crippen molar-refractivity contribution in [2.24, 2.45) is 0 Å². The molecule has 5 nitrogen and oxygen atoms in total. The van der Waals surface area contributed by atoms with Crippen LogP contribution in [0.3, 0.4) is 0 Å². The summed E-state index contributed by atoms with van der Waals surface area (Å²) >= 11 is 0. The average molecular weight is 302 g/mol. The first-order chi connectivity index (χ1) is 9.45. The van der Waals surface area contributed by atoms with Gasteiger partial charge in [0.05, 0.1) is 31.6 Å². The van der Waals surface area contributed by atoms with E-state index >= 15 is 0 Å². The number of sulfone groups is 1. The van der Waals surface area contributed by atoms with E-state index in [9.17, 15) is 13.5 Å². The Hall–Kier alpha value is -1.27. The van der Waals surface area contributed by atoms with Gasteiger partial charge in [-0.15, -0.1) is 0 Å². The second-order valence-electron chi connectivity index (χ2n) is 4.47. The number of ether oxygens (including phenoxy) is 2. The number of benzene rings is 1. The fourth-order valence-electron chi connectivity index (χ4n) is 1.99. The molecule has 1 atom stereocenters. The van der Waals surface area contributed by atoms with Gasteiger partial charge in [-0.1, -0.05) is 13.0 Å². The predicted molar refractivity (Wildman–Crippen MR) is 78.1 cm³/mol. The van der Waals surface area contributed by atoms with Crippen molar-refractivity contribution >= 4 is 9.84 Å². The van der Waals surface area contributed by atoms with Gasteiger partial charge in [0.15, 0.2) is 0 Å². The summed E-state index contributed by atoms with van der Waals surface area (Å²) in [6.45, 7) is 1.62. The molecule has 0 aromatic heterocycles. The summed E-state index contributed by atoms with van der Waals surface area (Å²) in [5, 5.41) is 10.3. The van der Waals surface area contributed by atoms with E-state index in [1.807, 2.05) is 0 Å². The number of hydrogen-bond donors (Lipinski definition) is 1. The topological polar surface area (TPSA) is 72.8 Å². The smallest absolute Gasteiger partial charge is 0.150 e. The molecule has 0 fully saturated rings. The van der Waals surface area contributed by atoms with Crippen molar-refractivity contribution in [3.63, 3.8) is 0 Å². The molecule has 1 aromatic carbocycles. The molecule has 1 N–H and O–H groups in total. The minimum Gasteiger partial charge on any atom is -0.496 e. The monoisotopic (exact) mass is 302 g/mol. The van der Waals surface area contributed by atoms with E-state index < -0.39 is 15.9 Å². The number of rotatable bonds is 8. The van der Waals surface area contributed by atoms with Crippen molar-refractivity contribution in [2.75, 3.05) is 25.7 Å². The molecule has 1 aromatic rings. The van der Waals surface area contributed by atoms with Gasteiger partial charge in [-0.05, 0) is 25.0 Å². The molecular formula is C14H22O5S. The number of methoxy groups -OCH3 is 2. The summed E-state index contributed by atoms with van der Waals surface area (Å²) in [7, 11) is 0.0384. The van der Waals surface area contributed by atoms with Gasteiger partial charge in [-0.2, -0.15) is 0 Å². The summed E-state index contributed by atoms with van der Waals surface area (Å²) in [6, 6.07) is 5.25. The third-order valence-corrected chi connectivity index (χ3v) is 4.96. The van der Waals surface area contributed by atoms with E-state index in [-0.39, 0.29) is 11.5 Å². The molecule has 0 amide bonds. The van der Waals surface area contributed by atoms with Gasteiger partial charge in [-0.3, -0.25) is 0 Å². The minimum atomic E-state index is -3.00. The van der Waals surface area contributed by atoms with E-state index in [0.717, 1.165) is 0 Å². The summed E-state index contributed by atoms with van der Waals surface area (Å²) in [5.41, 5.74) is 0.561. The summed E-state index contributed by atoms with van der Waals surface area (Å²) in [4.78, 5) is 0. The lowest BCUT2D eigenvalue weighted by molar-refractivity contribution is 0.158. The quantitative estimate of drug-likeness (QED) is 0.794. The van der Waals surface area contributed by atoms with Crippen LogP contribution in [-0.4, -0.2) is 39.2 Å².